The van der Waals surface area contributed by atoms with Gasteiger partial charge in [0.05, 0.1) is 13.2 Å². The molecule has 0 unspecified atom stereocenters. The molecule has 2 aliphatic rings. The standard InChI is InChI=1S/C17H25NO2/c1-18(12-9-15-5-3-2-4-6-15)16-7-10-17(11-8-16)19-13-14-20-17/h2-6,16H,7-14H2,1H3. The van der Waals surface area contributed by atoms with Crippen LogP contribution >= 0.6 is 0 Å². The van der Waals surface area contributed by atoms with E-state index in [1.807, 2.05) is 0 Å². The number of rotatable bonds is 4. The third kappa shape index (κ3) is 3.22. The maximum atomic E-state index is 5.80. The highest BCUT2D eigenvalue weighted by Crippen LogP contribution is 2.37. The first-order valence-electron chi connectivity index (χ1n) is 7.80. The summed E-state index contributed by atoms with van der Waals surface area (Å²) in [6, 6.07) is 11.4. The van der Waals surface area contributed by atoms with E-state index in [0.717, 1.165) is 39.0 Å². The largest absolute Gasteiger partial charge is 0.348 e. The topological polar surface area (TPSA) is 21.7 Å². The zero-order chi connectivity index (χ0) is 13.8. The zero-order valence-corrected chi connectivity index (χ0v) is 12.4. The van der Waals surface area contributed by atoms with Crippen molar-refractivity contribution in [2.75, 3.05) is 26.8 Å². The molecule has 0 bridgehead atoms. The van der Waals surface area contributed by atoms with Crippen molar-refractivity contribution in [3.63, 3.8) is 0 Å². The van der Waals surface area contributed by atoms with Gasteiger partial charge >= 0.3 is 0 Å². The first-order chi connectivity index (χ1) is 9.77. The summed E-state index contributed by atoms with van der Waals surface area (Å²) in [5.74, 6) is -0.225. The van der Waals surface area contributed by atoms with Gasteiger partial charge in [-0.25, -0.2) is 0 Å². The van der Waals surface area contributed by atoms with Gasteiger partial charge in [-0.3, -0.25) is 0 Å². The molecule has 1 saturated carbocycles. The lowest BCUT2D eigenvalue weighted by Crippen LogP contribution is -2.43. The molecule has 1 saturated heterocycles. The predicted octanol–water partition coefficient (Wildman–Crippen LogP) is 2.85. The fourth-order valence-electron chi connectivity index (χ4n) is 3.40. The lowest BCUT2D eigenvalue weighted by molar-refractivity contribution is -0.183. The van der Waals surface area contributed by atoms with Gasteiger partial charge in [0.15, 0.2) is 5.79 Å². The number of benzene rings is 1. The molecule has 20 heavy (non-hydrogen) atoms. The van der Waals surface area contributed by atoms with Crippen LogP contribution in [0.1, 0.15) is 31.2 Å². The second kappa shape index (κ2) is 6.25. The molecule has 2 fully saturated rings. The second-order valence-electron chi connectivity index (χ2n) is 6.05. The summed E-state index contributed by atoms with van der Waals surface area (Å²) < 4.78 is 11.6. The molecule has 0 N–H and O–H groups in total. The van der Waals surface area contributed by atoms with Crippen LogP contribution in [0.4, 0.5) is 0 Å². The molecule has 0 amide bonds. The van der Waals surface area contributed by atoms with Crippen molar-refractivity contribution in [2.24, 2.45) is 0 Å². The van der Waals surface area contributed by atoms with Crippen LogP contribution < -0.4 is 0 Å². The van der Waals surface area contributed by atoms with E-state index in [0.29, 0.717) is 6.04 Å². The lowest BCUT2D eigenvalue weighted by atomic mass is 9.89. The van der Waals surface area contributed by atoms with Crippen LogP contribution in [-0.2, 0) is 15.9 Å². The van der Waals surface area contributed by atoms with Gasteiger partial charge in [0.25, 0.3) is 0 Å². The molecule has 3 nitrogen and oxygen atoms in total. The monoisotopic (exact) mass is 275 g/mol. The quantitative estimate of drug-likeness (QED) is 0.843. The van der Waals surface area contributed by atoms with Crippen molar-refractivity contribution in [3.8, 4) is 0 Å². The Morgan fingerprint density at radius 1 is 1.10 bits per heavy atom. The van der Waals surface area contributed by atoms with Gasteiger partial charge in [-0.1, -0.05) is 30.3 Å². The number of ether oxygens (including phenoxy) is 2. The van der Waals surface area contributed by atoms with Crippen LogP contribution in [-0.4, -0.2) is 43.5 Å². The summed E-state index contributed by atoms with van der Waals surface area (Å²) in [7, 11) is 2.25. The highest BCUT2D eigenvalue weighted by atomic mass is 16.7. The molecule has 0 radical (unpaired) electrons. The zero-order valence-electron chi connectivity index (χ0n) is 12.4. The number of likely N-dealkylation sites (N-methyl/N-ethyl adjacent to an activating group) is 1. The molecule has 110 valence electrons. The average Bonchev–Trinajstić information content (AvgIpc) is 2.95. The minimum Gasteiger partial charge on any atom is -0.348 e. The van der Waals surface area contributed by atoms with E-state index in [1.54, 1.807) is 0 Å². The van der Waals surface area contributed by atoms with Gasteiger partial charge in [0.1, 0.15) is 0 Å². The van der Waals surface area contributed by atoms with E-state index < -0.39 is 0 Å². The summed E-state index contributed by atoms with van der Waals surface area (Å²) in [4.78, 5) is 2.51. The van der Waals surface area contributed by atoms with Gasteiger partial charge in [0.2, 0.25) is 0 Å². The Balaban J connectivity index is 1.45. The van der Waals surface area contributed by atoms with Crippen LogP contribution in [0.5, 0.6) is 0 Å². The third-order valence-corrected chi connectivity index (χ3v) is 4.75. The van der Waals surface area contributed by atoms with E-state index in [9.17, 15) is 0 Å². The highest BCUT2D eigenvalue weighted by Gasteiger charge is 2.40. The average molecular weight is 275 g/mol. The second-order valence-corrected chi connectivity index (χ2v) is 6.05. The van der Waals surface area contributed by atoms with Crippen LogP contribution in [0.2, 0.25) is 0 Å². The van der Waals surface area contributed by atoms with Gasteiger partial charge < -0.3 is 14.4 Å². The summed E-state index contributed by atoms with van der Waals surface area (Å²) in [6.45, 7) is 2.67. The van der Waals surface area contributed by atoms with Crippen molar-refractivity contribution in [3.05, 3.63) is 35.9 Å². The summed E-state index contributed by atoms with van der Waals surface area (Å²) in [5, 5.41) is 0. The Hall–Kier alpha value is -0.900. The first-order valence-corrected chi connectivity index (χ1v) is 7.80. The predicted molar refractivity (Wildman–Crippen MR) is 79.7 cm³/mol. The first kappa shape index (κ1) is 14.1. The molecule has 3 rings (SSSR count). The molecular weight excluding hydrogens is 250 g/mol. The van der Waals surface area contributed by atoms with Crippen LogP contribution in [0.15, 0.2) is 30.3 Å². The molecule has 1 aliphatic carbocycles. The maximum Gasteiger partial charge on any atom is 0.168 e. The SMILES string of the molecule is CN(CCc1ccccc1)C1CCC2(CC1)OCCO2. The van der Waals surface area contributed by atoms with Crippen molar-refractivity contribution < 1.29 is 9.47 Å². The van der Waals surface area contributed by atoms with Gasteiger partial charge in [-0.2, -0.15) is 0 Å². The van der Waals surface area contributed by atoms with E-state index in [1.165, 1.54) is 18.4 Å². The fraction of sp³-hybridized carbons (Fsp3) is 0.647. The van der Waals surface area contributed by atoms with Gasteiger partial charge in [-0.15, -0.1) is 0 Å². The van der Waals surface area contributed by atoms with Crippen LogP contribution in [0.25, 0.3) is 0 Å². The Kier molecular flexibility index (Phi) is 4.39. The molecule has 1 aromatic rings. The molecule has 0 atom stereocenters. The van der Waals surface area contributed by atoms with Crippen LogP contribution in [0.3, 0.4) is 0 Å². The maximum absolute atomic E-state index is 5.80. The molecule has 1 heterocycles. The highest BCUT2D eigenvalue weighted by molar-refractivity contribution is 5.14. The van der Waals surface area contributed by atoms with Crippen molar-refractivity contribution in [1.29, 1.82) is 0 Å². The van der Waals surface area contributed by atoms with E-state index in [4.69, 9.17) is 9.47 Å². The van der Waals surface area contributed by atoms with Gasteiger partial charge in [0, 0.05) is 25.4 Å². The smallest absolute Gasteiger partial charge is 0.168 e. The molecule has 1 spiro atoms. The lowest BCUT2D eigenvalue weighted by Gasteiger charge is -2.39. The minimum absolute atomic E-state index is 0.225. The molecule has 0 aromatic heterocycles. The van der Waals surface area contributed by atoms with Crippen molar-refractivity contribution >= 4 is 0 Å². The third-order valence-electron chi connectivity index (χ3n) is 4.75. The number of hydrogen-bond acceptors (Lipinski definition) is 3. The number of hydrogen-bond donors (Lipinski definition) is 0. The van der Waals surface area contributed by atoms with E-state index in [2.05, 4.69) is 42.3 Å². The minimum atomic E-state index is -0.225. The molecule has 1 aliphatic heterocycles. The van der Waals surface area contributed by atoms with Crippen LogP contribution in [0, 0.1) is 0 Å². The van der Waals surface area contributed by atoms with Gasteiger partial charge in [-0.05, 0) is 31.9 Å². The van der Waals surface area contributed by atoms with Crippen molar-refractivity contribution in [1.82, 2.24) is 4.90 Å². The normalized spacial score (nSPS) is 22.7. The molecule has 3 heteroatoms. The number of nitrogens with zero attached hydrogens (tertiary/aromatic N) is 1. The van der Waals surface area contributed by atoms with E-state index in [-0.39, 0.29) is 5.79 Å². The van der Waals surface area contributed by atoms with E-state index >= 15 is 0 Å². The molecule has 1 aromatic carbocycles. The Bertz CT molecular complexity index is 404. The Morgan fingerprint density at radius 2 is 1.75 bits per heavy atom. The van der Waals surface area contributed by atoms with Crippen molar-refractivity contribution in [2.45, 2.75) is 43.9 Å². The summed E-state index contributed by atoms with van der Waals surface area (Å²) in [6.07, 6.45) is 5.60. The summed E-state index contributed by atoms with van der Waals surface area (Å²) in [5.41, 5.74) is 1.43. The fourth-order valence-corrected chi connectivity index (χ4v) is 3.40. The Morgan fingerprint density at radius 3 is 2.40 bits per heavy atom. The Labute approximate surface area is 121 Å². The summed E-state index contributed by atoms with van der Waals surface area (Å²) >= 11 is 0. The molecular formula is C17H25NO2.